The van der Waals surface area contributed by atoms with Gasteiger partial charge in [-0.1, -0.05) is 0 Å². The van der Waals surface area contributed by atoms with E-state index in [-0.39, 0.29) is 17.3 Å². The maximum absolute atomic E-state index is 13.9. The monoisotopic (exact) mass is 307 g/mol. The molecule has 0 spiro atoms. The minimum Gasteiger partial charge on any atom is -0.494 e. The second-order valence-corrected chi connectivity index (χ2v) is 4.78. The lowest BCUT2D eigenvalue weighted by molar-refractivity contribution is 0.0588. The predicted molar refractivity (Wildman–Crippen MR) is 77.0 cm³/mol. The summed E-state index contributed by atoms with van der Waals surface area (Å²) in [4.78, 5) is 15.7. The number of pyridine rings is 1. The lowest BCUT2D eigenvalue weighted by atomic mass is 9.98. The van der Waals surface area contributed by atoms with Gasteiger partial charge in [-0.25, -0.2) is 18.6 Å². The third-order valence-electron chi connectivity index (χ3n) is 3.27. The van der Waals surface area contributed by atoms with Crippen molar-refractivity contribution >= 4 is 5.97 Å². The number of benzene rings is 1. The van der Waals surface area contributed by atoms with Gasteiger partial charge in [0.05, 0.1) is 14.2 Å². The SMILES string of the molecule is COC(=O)c1nc(-c2c(C)cc(F)cc2C)c(OC)cc1F. The Bertz CT molecular complexity index is 721. The number of aromatic nitrogens is 1. The minimum atomic E-state index is -0.890. The molecule has 2 aromatic rings. The summed E-state index contributed by atoms with van der Waals surface area (Å²) in [5, 5.41) is 0. The molecule has 0 radical (unpaired) electrons. The van der Waals surface area contributed by atoms with Crippen LogP contribution < -0.4 is 4.74 Å². The molecule has 0 N–H and O–H groups in total. The van der Waals surface area contributed by atoms with Gasteiger partial charge in [0.1, 0.15) is 17.3 Å². The van der Waals surface area contributed by atoms with Gasteiger partial charge in [-0.15, -0.1) is 0 Å². The second kappa shape index (κ2) is 6.09. The minimum absolute atomic E-state index is 0.156. The van der Waals surface area contributed by atoms with E-state index in [0.717, 1.165) is 13.2 Å². The zero-order chi connectivity index (χ0) is 16.4. The van der Waals surface area contributed by atoms with Crippen molar-refractivity contribution in [3.05, 3.63) is 46.7 Å². The Morgan fingerprint density at radius 2 is 1.68 bits per heavy atom. The molecule has 0 fully saturated rings. The molecule has 4 nitrogen and oxygen atoms in total. The van der Waals surface area contributed by atoms with Crippen molar-refractivity contribution in [2.24, 2.45) is 0 Å². The molecule has 6 heteroatoms. The summed E-state index contributed by atoms with van der Waals surface area (Å²) in [5.74, 6) is -1.96. The fraction of sp³-hybridized carbons (Fsp3) is 0.250. The van der Waals surface area contributed by atoms with Gasteiger partial charge in [-0.3, -0.25) is 0 Å². The Morgan fingerprint density at radius 3 is 2.18 bits per heavy atom. The van der Waals surface area contributed by atoms with Gasteiger partial charge in [0, 0.05) is 11.6 Å². The largest absolute Gasteiger partial charge is 0.494 e. The molecule has 2 rings (SSSR count). The number of halogens is 2. The quantitative estimate of drug-likeness (QED) is 0.815. The van der Waals surface area contributed by atoms with Crippen molar-refractivity contribution < 1.29 is 23.0 Å². The summed E-state index contributed by atoms with van der Waals surface area (Å²) in [7, 11) is 2.51. The first-order chi connectivity index (χ1) is 10.4. The summed E-state index contributed by atoms with van der Waals surface area (Å²) in [5.41, 5.74) is 1.61. The van der Waals surface area contributed by atoms with Crippen LogP contribution in [0.1, 0.15) is 21.6 Å². The number of hydrogen-bond donors (Lipinski definition) is 0. The van der Waals surface area contributed by atoms with Crippen molar-refractivity contribution in [2.75, 3.05) is 14.2 Å². The highest BCUT2D eigenvalue weighted by atomic mass is 19.1. The first-order valence-corrected chi connectivity index (χ1v) is 6.49. The molecule has 0 unspecified atom stereocenters. The van der Waals surface area contributed by atoms with Crippen LogP contribution in [-0.4, -0.2) is 25.2 Å². The number of hydrogen-bond acceptors (Lipinski definition) is 4. The summed E-state index contributed by atoms with van der Waals surface area (Å²) >= 11 is 0. The van der Waals surface area contributed by atoms with Gasteiger partial charge in [-0.05, 0) is 37.1 Å². The van der Waals surface area contributed by atoms with Gasteiger partial charge < -0.3 is 9.47 Å². The Hall–Kier alpha value is -2.50. The van der Waals surface area contributed by atoms with Gasteiger partial charge >= 0.3 is 5.97 Å². The van der Waals surface area contributed by atoms with Crippen LogP contribution in [0.5, 0.6) is 5.75 Å². The fourth-order valence-electron chi connectivity index (χ4n) is 2.33. The van der Waals surface area contributed by atoms with E-state index in [1.807, 2.05) is 0 Å². The Labute approximate surface area is 126 Å². The first-order valence-electron chi connectivity index (χ1n) is 6.49. The van der Waals surface area contributed by atoms with Crippen molar-refractivity contribution in [1.29, 1.82) is 0 Å². The van der Waals surface area contributed by atoms with E-state index in [9.17, 15) is 13.6 Å². The van der Waals surface area contributed by atoms with Crippen LogP contribution in [0.3, 0.4) is 0 Å². The number of esters is 1. The normalized spacial score (nSPS) is 10.5. The van der Waals surface area contributed by atoms with Crippen LogP contribution in [-0.2, 0) is 4.74 Å². The van der Waals surface area contributed by atoms with Crippen LogP contribution in [0.25, 0.3) is 11.3 Å². The van der Waals surface area contributed by atoms with Crippen LogP contribution in [0.15, 0.2) is 18.2 Å². The second-order valence-electron chi connectivity index (χ2n) is 4.78. The number of rotatable bonds is 3. The van der Waals surface area contributed by atoms with Crippen LogP contribution in [0.4, 0.5) is 8.78 Å². The Morgan fingerprint density at radius 1 is 1.09 bits per heavy atom. The topological polar surface area (TPSA) is 48.4 Å². The maximum Gasteiger partial charge on any atom is 0.359 e. The molecule has 0 aliphatic rings. The molecule has 0 amide bonds. The molecular weight excluding hydrogens is 292 g/mol. The Balaban J connectivity index is 2.77. The van der Waals surface area contributed by atoms with E-state index >= 15 is 0 Å². The predicted octanol–water partition coefficient (Wildman–Crippen LogP) is 3.44. The molecule has 1 aromatic heterocycles. The molecule has 0 atom stereocenters. The Kier molecular flexibility index (Phi) is 4.40. The smallest absolute Gasteiger partial charge is 0.359 e. The number of aryl methyl sites for hydroxylation is 2. The van der Waals surface area contributed by atoms with E-state index in [2.05, 4.69) is 9.72 Å². The van der Waals surface area contributed by atoms with Crippen molar-refractivity contribution in [1.82, 2.24) is 4.98 Å². The molecule has 0 saturated carbocycles. The average Bonchev–Trinajstić information content (AvgIpc) is 2.46. The third-order valence-corrected chi connectivity index (χ3v) is 3.27. The lowest BCUT2D eigenvalue weighted by Crippen LogP contribution is -2.10. The zero-order valence-corrected chi connectivity index (χ0v) is 12.7. The van der Waals surface area contributed by atoms with Crippen LogP contribution in [0, 0.1) is 25.5 Å². The van der Waals surface area contributed by atoms with E-state index in [1.165, 1.54) is 19.2 Å². The van der Waals surface area contributed by atoms with Gasteiger partial charge in [0.2, 0.25) is 0 Å². The van der Waals surface area contributed by atoms with Crippen molar-refractivity contribution in [3.8, 4) is 17.0 Å². The van der Waals surface area contributed by atoms with Gasteiger partial charge in [0.25, 0.3) is 0 Å². The molecule has 0 aliphatic carbocycles. The molecule has 22 heavy (non-hydrogen) atoms. The lowest BCUT2D eigenvalue weighted by Gasteiger charge is -2.14. The van der Waals surface area contributed by atoms with Gasteiger partial charge in [0.15, 0.2) is 11.5 Å². The van der Waals surface area contributed by atoms with Crippen LogP contribution >= 0.6 is 0 Å². The summed E-state index contributed by atoms with van der Waals surface area (Å²) in [6.45, 7) is 3.40. The van der Waals surface area contributed by atoms with E-state index in [0.29, 0.717) is 16.7 Å². The van der Waals surface area contributed by atoms with Crippen LogP contribution in [0.2, 0.25) is 0 Å². The van der Waals surface area contributed by atoms with E-state index in [4.69, 9.17) is 4.74 Å². The summed E-state index contributed by atoms with van der Waals surface area (Å²) in [6.07, 6.45) is 0. The molecule has 0 saturated heterocycles. The molecule has 0 bridgehead atoms. The van der Waals surface area contributed by atoms with Crippen molar-refractivity contribution in [3.63, 3.8) is 0 Å². The number of nitrogens with zero attached hydrogens (tertiary/aromatic N) is 1. The molecule has 1 heterocycles. The highest BCUT2D eigenvalue weighted by molar-refractivity contribution is 5.89. The van der Waals surface area contributed by atoms with E-state index in [1.54, 1.807) is 13.8 Å². The molecule has 1 aromatic carbocycles. The number of carbonyl (C=O) groups is 1. The number of methoxy groups -OCH3 is 2. The van der Waals surface area contributed by atoms with Gasteiger partial charge in [-0.2, -0.15) is 0 Å². The van der Waals surface area contributed by atoms with E-state index < -0.39 is 17.5 Å². The molecule has 116 valence electrons. The first kappa shape index (κ1) is 15.9. The summed E-state index contributed by atoms with van der Waals surface area (Å²) in [6, 6.07) is 3.74. The maximum atomic E-state index is 13.9. The standard InChI is InChI=1S/C16H15F2NO3/c1-8-5-10(17)6-9(2)13(8)15-12(21-3)7-11(18)14(19-15)16(20)22-4/h5-7H,1-4H3. The fourth-order valence-corrected chi connectivity index (χ4v) is 2.33. The number of ether oxygens (including phenoxy) is 2. The van der Waals surface area contributed by atoms with Crippen molar-refractivity contribution in [2.45, 2.75) is 13.8 Å². The molecular formula is C16H15F2NO3. The number of carbonyl (C=O) groups excluding carboxylic acids is 1. The average molecular weight is 307 g/mol. The summed E-state index contributed by atoms with van der Waals surface area (Å²) < 4.78 is 37.0. The highest BCUT2D eigenvalue weighted by Crippen LogP contribution is 2.34. The third kappa shape index (κ3) is 2.77. The zero-order valence-electron chi connectivity index (χ0n) is 12.7. The molecule has 0 aliphatic heterocycles. The highest BCUT2D eigenvalue weighted by Gasteiger charge is 2.22.